The van der Waals surface area contributed by atoms with Gasteiger partial charge in [0.05, 0.1) is 18.1 Å². The summed E-state index contributed by atoms with van der Waals surface area (Å²) in [6.45, 7) is 2.98. The normalized spacial score (nSPS) is 20.2. The second-order valence-corrected chi connectivity index (χ2v) is 7.73. The average molecular weight is 338 g/mol. The van der Waals surface area contributed by atoms with Crippen LogP contribution in [-0.2, 0) is 16.4 Å². The van der Waals surface area contributed by atoms with E-state index in [4.69, 9.17) is 5.73 Å². The first-order chi connectivity index (χ1) is 10.9. The van der Waals surface area contributed by atoms with E-state index in [1.54, 1.807) is 18.2 Å². The number of amides is 1. The third kappa shape index (κ3) is 5.24. The van der Waals surface area contributed by atoms with Gasteiger partial charge in [-0.25, -0.2) is 13.4 Å². The van der Waals surface area contributed by atoms with Crippen LogP contribution in [0.2, 0.25) is 0 Å². The van der Waals surface area contributed by atoms with Gasteiger partial charge in [0.2, 0.25) is 5.91 Å². The summed E-state index contributed by atoms with van der Waals surface area (Å²) >= 11 is 0. The fourth-order valence-electron chi connectivity index (χ4n) is 2.42. The summed E-state index contributed by atoms with van der Waals surface area (Å²) in [7, 11) is -2.93. The molecule has 1 aromatic carbocycles. The topological polar surface area (TPSA) is 114 Å². The Hall–Kier alpha value is -2.09. The van der Waals surface area contributed by atoms with Gasteiger partial charge in [0.15, 0.2) is 15.8 Å². The van der Waals surface area contributed by atoms with Crippen molar-refractivity contribution < 1.29 is 13.2 Å². The fourth-order valence-corrected chi connectivity index (χ4v) is 4.09. The number of carbonyl (C=O) groups excluding carboxylic acids is 1. The lowest BCUT2D eigenvalue weighted by molar-refractivity contribution is 0.1000. The third-order valence-electron chi connectivity index (χ3n) is 3.55. The Morgan fingerprint density at radius 1 is 1.43 bits per heavy atom. The first kappa shape index (κ1) is 17.3. The van der Waals surface area contributed by atoms with Crippen molar-refractivity contribution in [2.75, 3.05) is 18.1 Å². The number of nitrogens with two attached hydrogens (primary N) is 1. The minimum absolute atomic E-state index is 0.116. The molecule has 1 amide bonds. The van der Waals surface area contributed by atoms with Crippen molar-refractivity contribution >= 4 is 21.7 Å². The highest BCUT2D eigenvalue weighted by Gasteiger charge is 2.28. The van der Waals surface area contributed by atoms with Gasteiger partial charge >= 0.3 is 0 Å². The summed E-state index contributed by atoms with van der Waals surface area (Å²) in [5.74, 6) is 0.440. The molecule has 1 aliphatic rings. The molecule has 1 fully saturated rings. The Balaban J connectivity index is 2.04. The predicted molar refractivity (Wildman–Crippen MR) is 90.0 cm³/mol. The molecule has 0 aromatic heterocycles. The molecule has 1 heterocycles. The largest absolute Gasteiger partial charge is 0.366 e. The van der Waals surface area contributed by atoms with Gasteiger partial charge in [0, 0.05) is 18.2 Å². The molecule has 1 aliphatic heterocycles. The standard InChI is InChI=1S/C15H22N4O3S/c1-2-17-15(19-13-6-7-23(21,22)10-13)18-9-11-4-3-5-12(8-11)14(16)20/h3-5,8,13H,2,6-7,9-10H2,1H3,(H2,16,20)(H2,17,18,19). The van der Waals surface area contributed by atoms with E-state index in [1.807, 2.05) is 13.0 Å². The van der Waals surface area contributed by atoms with E-state index in [9.17, 15) is 13.2 Å². The highest BCUT2D eigenvalue weighted by molar-refractivity contribution is 7.91. The van der Waals surface area contributed by atoms with E-state index in [2.05, 4.69) is 15.6 Å². The maximum absolute atomic E-state index is 11.5. The van der Waals surface area contributed by atoms with Crippen LogP contribution in [0.25, 0.3) is 0 Å². The Morgan fingerprint density at radius 2 is 2.22 bits per heavy atom. The molecule has 1 aromatic rings. The van der Waals surface area contributed by atoms with Crippen LogP contribution in [0.1, 0.15) is 29.3 Å². The van der Waals surface area contributed by atoms with Gasteiger partial charge < -0.3 is 16.4 Å². The number of rotatable bonds is 5. The minimum Gasteiger partial charge on any atom is -0.366 e. The SMILES string of the molecule is CCNC(=NCc1cccc(C(N)=O)c1)NC1CCS(=O)(=O)C1. The van der Waals surface area contributed by atoms with Gasteiger partial charge in [-0.3, -0.25) is 4.79 Å². The Bertz CT molecular complexity index is 700. The minimum atomic E-state index is -2.93. The van der Waals surface area contributed by atoms with Crippen LogP contribution in [0.5, 0.6) is 0 Å². The summed E-state index contributed by atoms with van der Waals surface area (Å²) in [4.78, 5) is 15.6. The molecule has 1 atom stereocenters. The number of aliphatic imine (C=N–C) groups is 1. The second kappa shape index (κ2) is 7.45. The number of guanidine groups is 1. The number of nitrogens with zero attached hydrogens (tertiary/aromatic N) is 1. The molecular weight excluding hydrogens is 316 g/mol. The molecule has 8 heteroatoms. The van der Waals surface area contributed by atoms with Crippen LogP contribution in [-0.4, -0.2) is 44.4 Å². The number of primary amides is 1. The molecule has 0 saturated carbocycles. The smallest absolute Gasteiger partial charge is 0.248 e. The van der Waals surface area contributed by atoms with Crippen molar-refractivity contribution in [3.63, 3.8) is 0 Å². The van der Waals surface area contributed by atoms with Gasteiger partial charge in [0.1, 0.15) is 0 Å². The molecule has 1 unspecified atom stereocenters. The molecule has 0 aliphatic carbocycles. The van der Waals surface area contributed by atoms with Gasteiger partial charge in [-0.05, 0) is 31.0 Å². The van der Waals surface area contributed by atoms with Crippen molar-refractivity contribution in [3.05, 3.63) is 35.4 Å². The van der Waals surface area contributed by atoms with Crippen molar-refractivity contribution in [1.29, 1.82) is 0 Å². The van der Waals surface area contributed by atoms with Crippen LogP contribution in [0.3, 0.4) is 0 Å². The lowest BCUT2D eigenvalue weighted by Gasteiger charge is -2.15. The molecule has 4 N–H and O–H groups in total. The average Bonchev–Trinajstić information content (AvgIpc) is 2.84. The molecule has 0 bridgehead atoms. The van der Waals surface area contributed by atoms with E-state index in [0.29, 0.717) is 31.0 Å². The maximum atomic E-state index is 11.5. The van der Waals surface area contributed by atoms with E-state index in [-0.39, 0.29) is 17.5 Å². The summed E-state index contributed by atoms with van der Waals surface area (Å²) in [6.07, 6.45) is 0.587. The van der Waals surface area contributed by atoms with Crippen LogP contribution in [0, 0.1) is 0 Å². The zero-order valence-electron chi connectivity index (χ0n) is 13.1. The van der Waals surface area contributed by atoms with Crippen LogP contribution >= 0.6 is 0 Å². The zero-order chi connectivity index (χ0) is 16.9. The molecular formula is C15H22N4O3S. The van der Waals surface area contributed by atoms with Crippen LogP contribution in [0.15, 0.2) is 29.3 Å². The Morgan fingerprint density at radius 3 is 2.83 bits per heavy atom. The van der Waals surface area contributed by atoms with E-state index in [1.165, 1.54) is 0 Å². The summed E-state index contributed by atoms with van der Waals surface area (Å²) < 4.78 is 23.0. The fraction of sp³-hybridized carbons (Fsp3) is 0.467. The number of benzene rings is 1. The molecule has 23 heavy (non-hydrogen) atoms. The maximum Gasteiger partial charge on any atom is 0.248 e. The van der Waals surface area contributed by atoms with Crippen molar-refractivity contribution in [2.24, 2.45) is 10.7 Å². The highest BCUT2D eigenvalue weighted by Crippen LogP contribution is 2.11. The van der Waals surface area contributed by atoms with Crippen LogP contribution < -0.4 is 16.4 Å². The Kier molecular flexibility index (Phi) is 5.59. The van der Waals surface area contributed by atoms with Gasteiger partial charge in [-0.2, -0.15) is 0 Å². The summed E-state index contributed by atoms with van der Waals surface area (Å²) in [6, 6.07) is 6.86. The van der Waals surface area contributed by atoms with Crippen molar-refractivity contribution in [1.82, 2.24) is 10.6 Å². The highest BCUT2D eigenvalue weighted by atomic mass is 32.2. The molecule has 0 radical (unpaired) electrons. The molecule has 126 valence electrons. The first-order valence-corrected chi connectivity index (χ1v) is 9.36. The number of nitrogens with one attached hydrogen (secondary N) is 2. The lowest BCUT2D eigenvalue weighted by Crippen LogP contribution is -2.44. The predicted octanol–water partition coefficient (Wildman–Crippen LogP) is 0.0277. The van der Waals surface area contributed by atoms with E-state index < -0.39 is 15.7 Å². The first-order valence-electron chi connectivity index (χ1n) is 7.53. The van der Waals surface area contributed by atoms with Crippen LogP contribution in [0.4, 0.5) is 0 Å². The monoisotopic (exact) mass is 338 g/mol. The Labute approximate surface area is 136 Å². The number of carbonyl (C=O) groups is 1. The van der Waals surface area contributed by atoms with Crippen molar-refractivity contribution in [2.45, 2.75) is 25.9 Å². The lowest BCUT2D eigenvalue weighted by atomic mass is 10.1. The number of sulfone groups is 1. The van der Waals surface area contributed by atoms with Gasteiger partial charge in [-0.1, -0.05) is 12.1 Å². The van der Waals surface area contributed by atoms with Crippen molar-refractivity contribution in [3.8, 4) is 0 Å². The number of hydrogen-bond donors (Lipinski definition) is 3. The third-order valence-corrected chi connectivity index (χ3v) is 5.32. The molecule has 2 rings (SSSR count). The van der Waals surface area contributed by atoms with Gasteiger partial charge in [-0.15, -0.1) is 0 Å². The van der Waals surface area contributed by atoms with E-state index in [0.717, 1.165) is 5.56 Å². The summed E-state index contributed by atoms with van der Waals surface area (Å²) in [5, 5.41) is 6.25. The van der Waals surface area contributed by atoms with Gasteiger partial charge in [0.25, 0.3) is 0 Å². The summed E-state index contributed by atoms with van der Waals surface area (Å²) in [5.41, 5.74) is 6.57. The van der Waals surface area contributed by atoms with E-state index >= 15 is 0 Å². The zero-order valence-corrected chi connectivity index (χ0v) is 13.9. The molecule has 7 nitrogen and oxygen atoms in total. The number of hydrogen-bond acceptors (Lipinski definition) is 4. The quantitative estimate of drug-likeness (QED) is 0.518. The molecule has 0 spiro atoms. The molecule has 1 saturated heterocycles. The second-order valence-electron chi connectivity index (χ2n) is 5.50.